The van der Waals surface area contributed by atoms with Gasteiger partial charge in [-0.05, 0) is 24.9 Å². The van der Waals surface area contributed by atoms with Gasteiger partial charge in [-0.2, -0.15) is 0 Å². The van der Waals surface area contributed by atoms with E-state index in [9.17, 15) is 0 Å². The van der Waals surface area contributed by atoms with Crippen molar-refractivity contribution in [3.63, 3.8) is 0 Å². The Morgan fingerprint density at radius 2 is 2.07 bits per heavy atom. The quantitative estimate of drug-likeness (QED) is 0.743. The molecule has 1 aromatic rings. The highest BCUT2D eigenvalue weighted by Crippen LogP contribution is 2.27. The second kappa shape index (κ2) is 3.57. The van der Waals surface area contributed by atoms with E-state index in [2.05, 4.69) is 20.4 Å². The van der Waals surface area contributed by atoms with Crippen LogP contribution in [0.25, 0.3) is 0 Å². The van der Waals surface area contributed by atoms with Crippen LogP contribution < -0.4 is 5.32 Å². The maximum atomic E-state index is 5.39. The van der Waals surface area contributed by atoms with Gasteiger partial charge in [0.25, 0.3) is 0 Å². The van der Waals surface area contributed by atoms with Crippen molar-refractivity contribution in [1.82, 2.24) is 20.4 Å². The number of hydrogen-bond acceptors (Lipinski definition) is 5. The molecule has 2 aliphatic heterocycles. The topological polar surface area (TPSA) is 54.2 Å². The lowest BCUT2D eigenvalue weighted by atomic mass is 10.0. The second-order valence-electron chi connectivity index (χ2n) is 4.59. The molecule has 5 heteroatoms. The number of fused-ring (bicyclic) bond motifs is 1. The molecule has 0 bridgehead atoms. The zero-order valence-corrected chi connectivity index (χ0v) is 8.94. The first-order valence-corrected chi connectivity index (χ1v) is 5.53. The summed E-state index contributed by atoms with van der Waals surface area (Å²) in [6.07, 6.45) is 0. The van der Waals surface area contributed by atoms with Crippen LogP contribution in [0.3, 0.4) is 0 Å². The molecule has 0 spiro atoms. The molecule has 1 aromatic heterocycles. The van der Waals surface area contributed by atoms with Crippen molar-refractivity contribution in [3.05, 3.63) is 11.8 Å². The first-order valence-electron chi connectivity index (χ1n) is 5.53. The van der Waals surface area contributed by atoms with Crippen LogP contribution >= 0.6 is 0 Å². The lowest BCUT2D eigenvalue weighted by Crippen LogP contribution is -2.25. The minimum atomic E-state index is 0.658. The molecule has 5 nitrogen and oxygen atoms in total. The van der Waals surface area contributed by atoms with E-state index in [-0.39, 0.29) is 0 Å². The fourth-order valence-electron chi connectivity index (χ4n) is 2.67. The summed E-state index contributed by atoms with van der Waals surface area (Å²) in [4.78, 5) is 2.42. The van der Waals surface area contributed by atoms with Gasteiger partial charge in [-0.25, -0.2) is 0 Å². The van der Waals surface area contributed by atoms with Crippen LogP contribution in [-0.4, -0.2) is 41.3 Å². The molecule has 0 radical (unpaired) electrons. The summed E-state index contributed by atoms with van der Waals surface area (Å²) in [5, 5.41) is 11.3. The summed E-state index contributed by atoms with van der Waals surface area (Å²) in [5.41, 5.74) is 0. The molecule has 3 rings (SSSR count). The maximum absolute atomic E-state index is 5.39. The number of rotatable bonds is 2. The van der Waals surface area contributed by atoms with E-state index >= 15 is 0 Å². The number of nitrogens with zero attached hydrogens (tertiary/aromatic N) is 3. The summed E-state index contributed by atoms with van der Waals surface area (Å²) in [7, 11) is 0. The van der Waals surface area contributed by atoms with Crippen LogP contribution in [0.4, 0.5) is 0 Å². The van der Waals surface area contributed by atoms with Crippen LogP contribution in [0.2, 0.25) is 0 Å². The molecule has 0 aromatic carbocycles. The van der Waals surface area contributed by atoms with E-state index in [4.69, 9.17) is 4.42 Å². The Balaban J connectivity index is 1.61. The highest BCUT2D eigenvalue weighted by Gasteiger charge is 2.36. The van der Waals surface area contributed by atoms with Crippen molar-refractivity contribution in [1.29, 1.82) is 0 Å². The van der Waals surface area contributed by atoms with Crippen LogP contribution in [0.1, 0.15) is 11.8 Å². The Morgan fingerprint density at radius 1 is 1.33 bits per heavy atom. The fraction of sp³-hybridized carbons (Fsp3) is 0.800. The third-order valence-corrected chi connectivity index (χ3v) is 3.39. The molecular formula is C10H16N4O. The highest BCUT2D eigenvalue weighted by molar-refractivity contribution is 4.92. The van der Waals surface area contributed by atoms with Gasteiger partial charge in [0, 0.05) is 20.0 Å². The molecule has 3 heterocycles. The van der Waals surface area contributed by atoms with Crippen LogP contribution in [0, 0.1) is 18.8 Å². The van der Waals surface area contributed by atoms with Gasteiger partial charge in [-0.1, -0.05) is 0 Å². The van der Waals surface area contributed by atoms with Crippen molar-refractivity contribution < 1.29 is 4.42 Å². The third kappa shape index (κ3) is 1.77. The average Bonchev–Trinajstić information content (AvgIpc) is 2.81. The van der Waals surface area contributed by atoms with Gasteiger partial charge in [-0.3, -0.25) is 4.90 Å². The van der Waals surface area contributed by atoms with E-state index in [0.29, 0.717) is 5.89 Å². The Labute approximate surface area is 88.9 Å². The molecule has 0 amide bonds. The van der Waals surface area contributed by atoms with E-state index in [1.165, 1.54) is 26.2 Å². The van der Waals surface area contributed by atoms with Gasteiger partial charge in [0.1, 0.15) is 0 Å². The molecule has 0 unspecified atom stereocenters. The Kier molecular flexibility index (Phi) is 2.21. The first-order chi connectivity index (χ1) is 7.31. The van der Waals surface area contributed by atoms with Gasteiger partial charge >= 0.3 is 0 Å². The smallest absolute Gasteiger partial charge is 0.230 e. The van der Waals surface area contributed by atoms with Gasteiger partial charge in [0.05, 0.1) is 6.54 Å². The fourth-order valence-corrected chi connectivity index (χ4v) is 2.67. The van der Waals surface area contributed by atoms with Crippen molar-refractivity contribution in [2.45, 2.75) is 13.5 Å². The van der Waals surface area contributed by atoms with Crippen molar-refractivity contribution in [3.8, 4) is 0 Å². The Bertz CT molecular complexity index is 339. The maximum Gasteiger partial charge on any atom is 0.230 e. The van der Waals surface area contributed by atoms with Crippen LogP contribution in [-0.2, 0) is 6.54 Å². The SMILES string of the molecule is Cc1nnc(CN2C[C@H]3CNC[C@H]3C2)o1. The van der Waals surface area contributed by atoms with E-state index in [0.717, 1.165) is 24.3 Å². The van der Waals surface area contributed by atoms with Crippen LogP contribution in [0.5, 0.6) is 0 Å². The summed E-state index contributed by atoms with van der Waals surface area (Å²) in [6.45, 7) is 7.32. The predicted octanol–water partition coefficient (Wildman–Crippen LogP) is 0.0292. The summed E-state index contributed by atoms with van der Waals surface area (Å²) in [6, 6.07) is 0. The molecule has 2 aliphatic rings. The summed E-state index contributed by atoms with van der Waals surface area (Å²) >= 11 is 0. The van der Waals surface area contributed by atoms with Gasteiger partial charge in [0.2, 0.25) is 11.8 Å². The lowest BCUT2D eigenvalue weighted by Gasteiger charge is -2.13. The minimum absolute atomic E-state index is 0.658. The molecule has 2 atom stereocenters. The van der Waals surface area contributed by atoms with Gasteiger partial charge in [0.15, 0.2) is 0 Å². The van der Waals surface area contributed by atoms with Crippen LogP contribution in [0.15, 0.2) is 4.42 Å². The summed E-state index contributed by atoms with van der Waals surface area (Å²) in [5.74, 6) is 3.06. The lowest BCUT2D eigenvalue weighted by molar-refractivity contribution is 0.269. The summed E-state index contributed by atoms with van der Waals surface area (Å²) < 4.78 is 5.39. The third-order valence-electron chi connectivity index (χ3n) is 3.39. The largest absolute Gasteiger partial charge is 0.424 e. The molecular weight excluding hydrogens is 192 g/mol. The molecule has 0 aliphatic carbocycles. The molecule has 15 heavy (non-hydrogen) atoms. The van der Waals surface area contributed by atoms with E-state index in [1.54, 1.807) is 0 Å². The minimum Gasteiger partial charge on any atom is -0.424 e. The van der Waals surface area contributed by atoms with E-state index in [1.807, 2.05) is 6.92 Å². The predicted molar refractivity (Wildman–Crippen MR) is 54.2 cm³/mol. The number of likely N-dealkylation sites (tertiary alicyclic amines) is 1. The van der Waals surface area contributed by atoms with Crippen molar-refractivity contribution >= 4 is 0 Å². The highest BCUT2D eigenvalue weighted by atomic mass is 16.4. The average molecular weight is 208 g/mol. The van der Waals surface area contributed by atoms with Gasteiger partial charge in [-0.15, -0.1) is 10.2 Å². The number of hydrogen-bond donors (Lipinski definition) is 1. The Hall–Kier alpha value is -0.940. The number of aromatic nitrogens is 2. The van der Waals surface area contributed by atoms with Crippen molar-refractivity contribution in [2.24, 2.45) is 11.8 Å². The first kappa shape index (κ1) is 9.30. The number of aryl methyl sites for hydroxylation is 1. The van der Waals surface area contributed by atoms with E-state index < -0.39 is 0 Å². The van der Waals surface area contributed by atoms with Gasteiger partial charge < -0.3 is 9.73 Å². The molecule has 1 N–H and O–H groups in total. The second-order valence-corrected chi connectivity index (χ2v) is 4.59. The molecule has 2 saturated heterocycles. The Morgan fingerprint density at radius 3 is 2.67 bits per heavy atom. The zero-order chi connectivity index (χ0) is 10.3. The zero-order valence-electron chi connectivity index (χ0n) is 8.94. The standard InChI is InChI=1S/C10H16N4O/c1-7-12-13-10(15-7)6-14-4-8-2-11-3-9(8)5-14/h8-9,11H,2-6H2,1H3/t8-,9+. The molecule has 0 saturated carbocycles. The monoisotopic (exact) mass is 208 g/mol. The molecule has 2 fully saturated rings. The normalized spacial score (nSPS) is 31.0. The van der Waals surface area contributed by atoms with Crippen molar-refractivity contribution in [2.75, 3.05) is 26.2 Å². The molecule has 82 valence electrons. The number of nitrogens with one attached hydrogen (secondary N) is 1.